The Labute approximate surface area is 125 Å². The summed E-state index contributed by atoms with van der Waals surface area (Å²) in [6, 6.07) is 8.31. The molecule has 0 aromatic heterocycles. The van der Waals surface area contributed by atoms with Crippen LogP contribution in [0.15, 0.2) is 29.2 Å². The van der Waals surface area contributed by atoms with Crippen LogP contribution in [0.25, 0.3) is 0 Å². The van der Waals surface area contributed by atoms with Crippen LogP contribution in [0.2, 0.25) is 0 Å². The summed E-state index contributed by atoms with van der Waals surface area (Å²) < 4.78 is 5.58. The van der Waals surface area contributed by atoms with Gasteiger partial charge in [-0.2, -0.15) is 0 Å². The third-order valence-corrected chi connectivity index (χ3v) is 5.57. The number of fused-ring (bicyclic) bond motifs is 1. The van der Waals surface area contributed by atoms with Crippen molar-refractivity contribution in [2.45, 2.75) is 22.7 Å². The summed E-state index contributed by atoms with van der Waals surface area (Å²) >= 11 is 5.13. The van der Waals surface area contributed by atoms with Crippen molar-refractivity contribution in [1.29, 1.82) is 0 Å². The Morgan fingerprint density at radius 2 is 2.32 bits per heavy atom. The highest BCUT2D eigenvalue weighted by Crippen LogP contribution is 2.37. The third kappa shape index (κ3) is 2.83. The minimum atomic E-state index is 0.0477. The van der Waals surface area contributed by atoms with Crippen molar-refractivity contribution in [3.8, 4) is 0 Å². The van der Waals surface area contributed by atoms with Crippen LogP contribution < -0.4 is 0 Å². The molecule has 0 aliphatic carbocycles. The summed E-state index contributed by atoms with van der Waals surface area (Å²) in [6.45, 7) is 2.07. The largest absolute Gasteiger partial charge is 0.374 e. The first-order valence-electron chi connectivity index (χ1n) is 6.49. The van der Waals surface area contributed by atoms with Crippen molar-refractivity contribution in [3.05, 3.63) is 29.8 Å². The number of rotatable bonds is 2. The summed E-state index contributed by atoms with van der Waals surface area (Å²) in [5, 5.41) is 0.834. The molecular weight excluding hydrogens is 326 g/mol. The minimum Gasteiger partial charge on any atom is -0.374 e. The first-order chi connectivity index (χ1) is 9.28. The van der Waals surface area contributed by atoms with E-state index in [1.165, 1.54) is 10.5 Å². The Morgan fingerprint density at radius 1 is 1.47 bits per heavy atom. The zero-order valence-corrected chi connectivity index (χ0v) is 13.0. The van der Waals surface area contributed by atoms with E-state index in [-0.39, 0.29) is 17.3 Å². The van der Waals surface area contributed by atoms with E-state index in [9.17, 15) is 4.79 Å². The van der Waals surface area contributed by atoms with Gasteiger partial charge >= 0.3 is 0 Å². The lowest BCUT2D eigenvalue weighted by Gasteiger charge is -2.33. The quantitative estimate of drug-likeness (QED) is 0.773. The van der Waals surface area contributed by atoms with Crippen LogP contribution in [0.4, 0.5) is 0 Å². The van der Waals surface area contributed by atoms with Crippen molar-refractivity contribution in [2.75, 3.05) is 25.0 Å². The number of hydrogen-bond donors (Lipinski definition) is 0. The van der Waals surface area contributed by atoms with E-state index in [1.807, 2.05) is 17.0 Å². The predicted octanol–water partition coefficient (Wildman–Crippen LogP) is 2.33. The summed E-state index contributed by atoms with van der Waals surface area (Å²) in [5.41, 5.74) is 1.30. The van der Waals surface area contributed by atoms with Crippen LogP contribution >= 0.6 is 27.7 Å². The molecule has 102 valence electrons. The first kappa shape index (κ1) is 13.5. The summed E-state index contributed by atoms with van der Waals surface area (Å²) in [4.78, 5) is 15.8. The fourth-order valence-electron chi connectivity index (χ4n) is 2.54. The molecule has 1 amide bonds. The Balaban J connectivity index is 1.66. The molecule has 2 aliphatic rings. The normalized spacial score (nSPS) is 26.3. The van der Waals surface area contributed by atoms with Crippen molar-refractivity contribution < 1.29 is 9.53 Å². The number of hydrogen-bond acceptors (Lipinski definition) is 3. The number of halogens is 1. The molecule has 1 fully saturated rings. The Bertz CT molecular complexity index is 457. The molecule has 3 nitrogen and oxygen atoms in total. The lowest BCUT2D eigenvalue weighted by Crippen LogP contribution is -2.49. The molecule has 2 heterocycles. The number of morpholine rings is 1. The van der Waals surface area contributed by atoms with E-state index < -0.39 is 0 Å². The molecule has 2 unspecified atom stereocenters. The van der Waals surface area contributed by atoms with Gasteiger partial charge in [0.15, 0.2) is 0 Å². The maximum Gasteiger partial charge on any atom is 0.236 e. The number of ether oxygens (including phenoxy) is 1. The van der Waals surface area contributed by atoms with Crippen LogP contribution in [0.5, 0.6) is 0 Å². The number of carbonyl (C=O) groups is 1. The number of alkyl halides is 1. The van der Waals surface area contributed by atoms with Gasteiger partial charge in [0, 0.05) is 23.3 Å². The second-order valence-electron chi connectivity index (χ2n) is 4.85. The van der Waals surface area contributed by atoms with E-state index in [1.54, 1.807) is 11.8 Å². The van der Waals surface area contributed by atoms with Crippen molar-refractivity contribution in [2.24, 2.45) is 0 Å². The fraction of sp³-hybridized carbons (Fsp3) is 0.500. The number of thioether (sulfide) groups is 1. The zero-order valence-electron chi connectivity index (χ0n) is 10.5. The average Bonchev–Trinajstić information content (AvgIpc) is 2.90. The maximum absolute atomic E-state index is 12.6. The molecule has 0 spiro atoms. The average molecular weight is 342 g/mol. The van der Waals surface area contributed by atoms with Crippen LogP contribution in [-0.4, -0.2) is 47.2 Å². The highest BCUT2D eigenvalue weighted by molar-refractivity contribution is 9.09. The van der Waals surface area contributed by atoms with Gasteiger partial charge in [0.2, 0.25) is 5.91 Å². The molecule has 2 atom stereocenters. The van der Waals surface area contributed by atoms with E-state index >= 15 is 0 Å². The van der Waals surface area contributed by atoms with Crippen molar-refractivity contribution >= 4 is 33.6 Å². The molecule has 1 saturated heterocycles. The molecule has 3 rings (SSSR count). The second kappa shape index (κ2) is 5.85. The molecule has 0 saturated carbocycles. The number of benzene rings is 1. The van der Waals surface area contributed by atoms with E-state index in [4.69, 9.17) is 4.74 Å². The molecular formula is C14H16BrNO2S. The molecule has 19 heavy (non-hydrogen) atoms. The molecule has 0 N–H and O–H groups in total. The highest BCUT2D eigenvalue weighted by atomic mass is 79.9. The third-order valence-electron chi connectivity index (χ3n) is 3.55. The molecule has 2 aliphatic heterocycles. The number of carbonyl (C=O) groups excluding carboxylic acids is 1. The van der Waals surface area contributed by atoms with Gasteiger partial charge in [0.1, 0.15) is 0 Å². The second-order valence-corrected chi connectivity index (χ2v) is 6.74. The van der Waals surface area contributed by atoms with E-state index in [2.05, 4.69) is 28.1 Å². The summed E-state index contributed by atoms with van der Waals surface area (Å²) in [5.74, 6) is 0.260. The predicted molar refractivity (Wildman–Crippen MR) is 79.9 cm³/mol. The fourth-order valence-corrected chi connectivity index (χ4v) is 4.21. The Morgan fingerprint density at radius 3 is 3.11 bits per heavy atom. The summed E-state index contributed by atoms with van der Waals surface area (Å²) in [7, 11) is 0. The monoisotopic (exact) mass is 341 g/mol. The smallest absolute Gasteiger partial charge is 0.236 e. The van der Waals surface area contributed by atoms with Crippen molar-refractivity contribution in [3.63, 3.8) is 0 Å². The van der Waals surface area contributed by atoms with Crippen LogP contribution in [0.3, 0.4) is 0 Å². The van der Waals surface area contributed by atoms with Gasteiger partial charge in [-0.25, -0.2) is 0 Å². The van der Waals surface area contributed by atoms with E-state index in [0.717, 1.165) is 18.3 Å². The van der Waals surface area contributed by atoms with Gasteiger partial charge in [-0.1, -0.05) is 34.1 Å². The van der Waals surface area contributed by atoms with Crippen LogP contribution in [0, 0.1) is 0 Å². The molecule has 1 aromatic carbocycles. The number of nitrogens with zero attached hydrogens (tertiary/aromatic N) is 1. The highest BCUT2D eigenvalue weighted by Gasteiger charge is 2.33. The molecule has 0 radical (unpaired) electrons. The number of amides is 1. The van der Waals surface area contributed by atoms with Crippen molar-refractivity contribution in [1.82, 2.24) is 4.90 Å². The molecule has 5 heteroatoms. The zero-order chi connectivity index (χ0) is 13.2. The van der Waals surface area contributed by atoms with Gasteiger partial charge in [0.25, 0.3) is 0 Å². The van der Waals surface area contributed by atoms with Crippen LogP contribution in [-0.2, 0) is 16.0 Å². The lowest BCUT2D eigenvalue weighted by atomic mass is 10.1. The van der Waals surface area contributed by atoms with Gasteiger partial charge in [0.05, 0.1) is 18.0 Å². The van der Waals surface area contributed by atoms with Gasteiger partial charge in [-0.05, 0) is 18.1 Å². The minimum absolute atomic E-state index is 0.0477. The maximum atomic E-state index is 12.6. The SMILES string of the molecule is O=C(C1Cc2ccccc2S1)N1CCOC(CBr)C1. The Kier molecular flexibility index (Phi) is 4.15. The van der Waals surface area contributed by atoms with E-state index in [0.29, 0.717) is 13.2 Å². The van der Waals surface area contributed by atoms with Crippen LogP contribution in [0.1, 0.15) is 5.56 Å². The standard InChI is InChI=1S/C14H16BrNO2S/c15-8-11-9-16(5-6-18-11)14(17)13-7-10-3-1-2-4-12(10)19-13/h1-4,11,13H,5-9H2. The first-order valence-corrected chi connectivity index (χ1v) is 8.49. The molecule has 0 bridgehead atoms. The Hall–Kier alpha value is -0.520. The lowest BCUT2D eigenvalue weighted by molar-refractivity contribution is -0.137. The van der Waals surface area contributed by atoms with Gasteiger partial charge in [-0.3, -0.25) is 4.79 Å². The molecule has 1 aromatic rings. The summed E-state index contributed by atoms with van der Waals surface area (Å²) in [6.07, 6.45) is 0.988. The van der Waals surface area contributed by atoms with Gasteiger partial charge in [-0.15, -0.1) is 11.8 Å². The topological polar surface area (TPSA) is 29.5 Å². The van der Waals surface area contributed by atoms with Gasteiger partial charge < -0.3 is 9.64 Å².